The zero-order valence-electron chi connectivity index (χ0n) is 15.2. The first-order valence-corrected chi connectivity index (χ1v) is 8.92. The molecule has 3 N–H and O–H groups in total. The van der Waals surface area contributed by atoms with Crippen LogP contribution in [0.1, 0.15) is 38.5 Å². The van der Waals surface area contributed by atoms with Gasteiger partial charge < -0.3 is 20.2 Å². The van der Waals surface area contributed by atoms with Gasteiger partial charge in [0, 0.05) is 19.2 Å². The summed E-state index contributed by atoms with van der Waals surface area (Å²) in [7, 11) is 0. The Morgan fingerprint density at radius 2 is 1.96 bits per heavy atom. The number of hydrogen-bond donors (Lipinski definition) is 3. The van der Waals surface area contributed by atoms with Gasteiger partial charge in [-0.15, -0.1) is 0 Å². The van der Waals surface area contributed by atoms with Gasteiger partial charge in [0.1, 0.15) is 6.42 Å². The van der Waals surface area contributed by atoms with Crippen molar-refractivity contribution in [3.8, 4) is 0 Å². The van der Waals surface area contributed by atoms with Crippen LogP contribution in [0.2, 0.25) is 0 Å². The summed E-state index contributed by atoms with van der Waals surface area (Å²) in [6.07, 6.45) is 13.9. The molecule has 6 nitrogen and oxygen atoms in total. The van der Waals surface area contributed by atoms with E-state index in [9.17, 15) is 19.8 Å². The zero-order valence-corrected chi connectivity index (χ0v) is 15.2. The number of carboxylic acids is 1. The molecule has 0 bridgehead atoms. The number of rotatable bonds is 9. The zero-order chi connectivity index (χ0) is 19.8. The third-order valence-electron chi connectivity index (χ3n) is 4.54. The second kappa shape index (κ2) is 9.62. The number of carbonyl (C=O) groups is 2. The molecule has 0 amide bonds. The van der Waals surface area contributed by atoms with E-state index in [4.69, 9.17) is 5.11 Å². The van der Waals surface area contributed by atoms with Crippen molar-refractivity contribution >= 4 is 11.8 Å². The maximum absolute atomic E-state index is 11.6. The van der Waals surface area contributed by atoms with Gasteiger partial charge in [0.05, 0.1) is 5.76 Å². The summed E-state index contributed by atoms with van der Waals surface area (Å²) < 4.78 is 0. The van der Waals surface area contributed by atoms with Crippen LogP contribution in [0.4, 0.5) is 0 Å². The Balaban J connectivity index is 2.09. The van der Waals surface area contributed by atoms with Gasteiger partial charge in [-0.3, -0.25) is 9.59 Å². The average molecular weight is 371 g/mol. The van der Waals surface area contributed by atoms with Crippen molar-refractivity contribution in [2.45, 2.75) is 38.5 Å². The molecular weight excluding hydrogens is 346 g/mol. The van der Waals surface area contributed by atoms with E-state index in [0.29, 0.717) is 25.1 Å². The standard InChI is InChI=1S/C21H25NO5/c1-2-22(14-20(25)19(24)13-21(26)27)12-11-15-5-3-4-6-18(15)16-7-9-17(23)10-8-16/h2-3,5,7,9,14,23,25H,1,4,6,8,10-13H2,(H,26,27)/b20-14+. The highest BCUT2D eigenvalue weighted by Gasteiger charge is 2.17. The number of carbonyl (C=O) groups excluding carboxylic acids is 1. The van der Waals surface area contributed by atoms with E-state index >= 15 is 0 Å². The molecule has 0 aliphatic heterocycles. The van der Waals surface area contributed by atoms with Crippen molar-refractivity contribution in [3.63, 3.8) is 0 Å². The molecule has 0 saturated heterocycles. The summed E-state index contributed by atoms with van der Waals surface area (Å²) >= 11 is 0. The van der Waals surface area contributed by atoms with Gasteiger partial charge in [-0.2, -0.15) is 0 Å². The molecule has 0 fully saturated rings. The number of ketones is 1. The van der Waals surface area contributed by atoms with E-state index in [1.807, 2.05) is 6.08 Å². The minimum Gasteiger partial charge on any atom is -0.512 e. The maximum Gasteiger partial charge on any atom is 0.311 e. The van der Waals surface area contributed by atoms with Gasteiger partial charge in [0.25, 0.3) is 0 Å². The third kappa shape index (κ3) is 6.02. The van der Waals surface area contributed by atoms with Crippen LogP contribution in [-0.4, -0.2) is 38.5 Å². The van der Waals surface area contributed by atoms with Crippen LogP contribution in [0.25, 0.3) is 0 Å². The summed E-state index contributed by atoms with van der Waals surface area (Å²) in [5.41, 5.74) is 3.69. The monoisotopic (exact) mass is 371 g/mol. The molecule has 6 heteroatoms. The van der Waals surface area contributed by atoms with Crippen LogP contribution >= 0.6 is 0 Å². The lowest BCUT2D eigenvalue weighted by Gasteiger charge is -2.23. The fraction of sp³-hybridized carbons (Fsp3) is 0.333. The van der Waals surface area contributed by atoms with E-state index in [0.717, 1.165) is 19.3 Å². The fourth-order valence-corrected chi connectivity index (χ4v) is 3.11. The highest BCUT2D eigenvalue weighted by Crippen LogP contribution is 2.32. The first-order chi connectivity index (χ1) is 12.9. The summed E-state index contributed by atoms with van der Waals surface area (Å²) in [5, 5.41) is 28.0. The molecule has 0 saturated carbocycles. The van der Waals surface area contributed by atoms with E-state index < -0.39 is 23.9 Å². The maximum atomic E-state index is 11.6. The minimum absolute atomic E-state index is 0.400. The largest absolute Gasteiger partial charge is 0.512 e. The minimum atomic E-state index is -1.28. The van der Waals surface area contributed by atoms with Crippen molar-refractivity contribution < 1.29 is 24.9 Å². The van der Waals surface area contributed by atoms with Crippen molar-refractivity contribution in [2.75, 3.05) is 6.54 Å². The molecule has 0 heterocycles. The van der Waals surface area contributed by atoms with Gasteiger partial charge in [-0.05, 0) is 54.7 Å². The van der Waals surface area contributed by atoms with Crippen LogP contribution in [0.3, 0.4) is 0 Å². The van der Waals surface area contributed by atoms with Crippen LogP contribution < -0.4 is 0 Å². The van der Waals surface area contributed by atoms with Crippen LogP contribution in [-0.2, 0) is 9.59 Å². The predicted octanol–water partition coefficient (Wildman–Crippen LogP) is 4.07. The number of aliphatic hydroxyl groups excluding tert-OH is 2. The molecular formula is C21H25NO5. The molecule has 0 spiro atoms. The number of hydrogen-bond acceptors (Lipinski definition) is 5. The predicted molar refractivity (Wildman–Crippen MR) is 103 cm³/mol. The van der Waals surface area contributed by atoms with Gasteiger partial charge in [0.2, 0.25) is 5.78 Å². The molecule has 27 heavy (non-hydrogen) atoms. The smallest absolute Gasteiger partial charge is 0.311 e. The lowest BCUT2D eigenvalue weighted by Crippen LogP contribution is -2.17. The Hall–Kier alpha value is -3.02. The molecule has 2 rings (SSSR count). The molecule has 0 aromatic heterocycles. The summed E-state index contributed by atoms with van der Waals surface area (Å²) in [6, 6.07) is 0. The first-order valence-electron chi connectivity index (χ1n) is 8.92. The topological polar surface area (TPSA) is 98.1 Å². The quantitative estimate of drug-likeness (QED) is 0.321. The van der Waals surface area contributed by atoms with Crippen molar-refractivity contribution in [1.82, 2.24) is 4.90 Å². The number of aliphatic hydroxyl groups is 2. The normalized spacial score (nSPS) is 17.3. The summed E-state index contributed by atoms with van der Waals surface area (Å²) in [6.45, 7) is 4.17. The molecule has 144 valence electrons. The molecule has 2 aliphatic rings. The number of aliphatic carboxylic acids is 1. The van der Waals surface area contributed by atoms with E-state index in [2.05, 4.69) is 18.7 Å². The second-order valence-corrected chi connectivity index (χ2v) is 6.47. The number of carboxylic acid groups (broad SMARTS) is 1. The average Bonchev–Trinajstić information content (AvgIpc) is 2.65. The SMILES string of the molecule is C=CN(/C=C(/O)C(=O)CC(=O)O)CCC1=C(C2=CC=C(O)CC2)CCC=C1. The molecule has 2 aliphatic carbocycles. The van der Waals surface area contributed by atoms with Crippen LogP contribution in [0.15, 0.2) is 71.5 Å². The molecule has 0 atom stereocenters. The van der Waals surface area contributed by atoms with E-state index in [1.165, 1.54) is 29.1 Å². The summed E-state index contributed by atoms with van der Waals surface area (Å²) in [5.74, 6) is -2.32. The van der Waals surface area contributed by atoms with Gasteiger partial charge >= 0.3 is 5.97 Å². The van der Waals surface area contributed by atoms with Gasteiger partial charge in [-0.25, -0.2) is 0 Å². The Morgan fingerprint density at radius 1 is 1.19 bits per heavy atom. The lowest BCUT2D eigenvalue weighted by molar-refractivity contribution is -0.140. The summed E-state index contributed by atoms with van der Waals surface area (Å²) in [4.78, 5) is 23.7. The van der Waals surface area contributed by atoms with Crippen molar-refractivity contribution in [3.05, 3.63) is 71.5 Å². The number of allylic oxidation sites excluding steroid dienone is 8. The fourth-order valence-electron chi connectivity index (χ4n) is 3.11. The van der Waals surface area contributed by atoms with Crippen molar-refractivity contribution in [2.24, 2.45) is 0 Å². The van der Waals surface area contributed by atoms with E-state index in [-0.39, 0.29) is 0 Å². The highest BCUT2D eigenvalue weighted by atomic mass is 16.4. The second-order valence-electron chi connectivity index (χ2n) is 6.47. The van der Waals surface area contributed by atoms with Gasteiger partial charge in [0.15, 0.2) is 5.76 Å². The first kappa shape index (κ1) is 20.3. The Bertz CT molecular complexity index is 767. The van der Waals surface area contributed by atoms with Crippen LogP contribution in [0, 0.1) is 0 Å². The molecule has 0 radical (unpaired) electrons. The number of Topliss-reactive ketones (excluding diaryl/α,β-unsaturated/α-hetero) is 1. The molecule has 0 aromatic carbocycles. The van der Waals surface area contributed by atoms with Gasteiger partial charge in [-0.1, -0.05) is 24.8 Å². The highest BCUT2D eigenvalue weighted by molar-refractivity contribution is 6.03. The Kier molecular flexibility index (Phi) is 7.23. The number of nitrogens with zero attached hydrogens (tertiary/aromatic N) is 1. The third-order valence-corrected chi connectivity index (χ3v) is 4.54. The van der Waals surface area contributed by atoms with Crippen LogP contribution in [0.5, 0.6) is 0 Å². The van der Waals surface area contributed by atoms with E-state index in [1.54, 1.807) is 11.0 Å². The Labute approximate surface area is 158 Å². The van der Waals surface area contributed by atoms with Crippen molar-refractivity contribution in [1.29, 1.82) is 0 Å². The molecule has 0 aromatic rings. The Morgan fingerprint density at radius 3 is 2.59 bits per heavy atom. The molecule has 0 unspecified atom stereocenters. The lowest BCUT2D eigenvalue weighted by atomic mass is 9.86.